The van der Waals surface area contributed by atoms with Crippen LogP contribution in [-0.4, -0.2) is 47.6 Å². The van der Waals surface area contributed by atoms with Gasteiger partial charge in [-0.05, 0) is 38.0 Å². The molecule has 3 atom stereocenters. The van der Waals surface area contributed by atoms with Gasteiger partial charge in [-0.2, -0.15) is 0 Å². The average Bonchev–Trinajstić information content (AvgIpc) is 3.20. The number of carbonyl (C=O) groups is 2. The Morgan fingerprint density at radius 1 is 1.36 bits per heavy atom. The molecule has 0 bridgehead atoms. The zero-order valence-electron chi connectivity index (χ0n) is 15.3. The topological polar surface area (TPSA) is 46.6 Å². The number of esters is 1. The van der Waals surface area contributed by atoms with E-state index in [1.54, 1.807) is 13.0 Å². The van der Waals surface area contributed by atoms with E-state index in [-0.39, 0.29) is 30.7 Å². The monoisotopic (exact) mass is 495 g/mol. The molecule has 1 heterocycles. The highest BCUT2D eigenvalue weighted by Gasteiger charge is 2.48. The van der Waals surface area contributed by atoms with E-state index in [4.69, 9.17) is 16.3 Å². The van der Waals surface area contributed by atoms with Crippen molar-refractivity contribution < 1.29 is 23.1 Å². The summed E-state index contributed by atoms with van der Waals surface area (Å²) in [5.41, 5.74) is 0. The van der Waals surface area contributed by atoms with Crippen molar-refractivity contribution in [3.63, 3.8) is 0 Å². The Bertz CT molecular complexity index is 767. The molecule has 3 rings (SSSR count). The van der Waals surface area contributed by atoms with Crippen LogP contribution in [0, 0.1) is 11.8 Å². The zero-order valence-corrected chi connectivity index (χ0v) is 18.5. The first-order valence-electron chi connectivity index (χ1n) is 9.15. The van der Waals surface area contributed by atoms with Crippen LogP contribution >= 0.6 is 39.3 Å². The number of alkyl halides is 2. The first kappa shape index (κ1) is 21.8. The summed E-state index contributed by atoms with van der Waals surface area (Å²) in [7, 11) is 0. The molecule has 0 N–H and O–H groups in total. The van der Waals surface area contributed by atoms with E-state index in [2.05, 4.69) is 15.9 Å². The number of rotatable bonds is 5. The molecule has 28 heavy (non-hydrogen) atoms. The number of ether oxygens (including phenoxy) is 1. The second kappa shape index (κ2) is 8.88. The second-order valence-electron chi connectivity index (χ2n) is 7.12. The Hall–Kier alpha value is -0.860. The predicted octanol–water partition coefficient (Wildman–Crippen LogP) is 5.02. The van der Waals surface area contributed by atoms with Crippen LogP contribution < -0.4 is 0 Å². The largest absolute Gasteiger partial charge is 0.466 e. The number of benzene rings is 1. The van der Waals surface area contributed by atoms with Crippen LogP contribution in [-0.2, 0) is 14.3 Å². The summed E-state index contributed by atoms with van der Waals surface area (Å²) < 4.78 is 33.1. The summed E-state index contributed by atoms with van der Waals surface area (Å²) in [6.07, 6.45) is 0.556. The molecule has 4 nitrogen and oxygen atoms in total. The van der Waals surface area contributed by atoms with Gasteiger partial charge in [0, 0.05) is 27.6 Å². The third kappa shape index (κ3) is 5.00. The van der Waals surface area contributed by atoms with Gasteiger partial charge in [0.05, 0.1) is 30.0 Å². The van der Waals surface area contributed by atoms with Crippen molar-refractivity contribution in [2.75, 3.05) is 19.7 Å². The van der Waals surface area contributed by atoms with Gasteiger partial charge >= 0.3 is 5.97 Å². The highest BCUT2D eigenvalue weighted by Crippen LogP contribution is 2.45. The maximum atomic E-state index is 13.6. The molecule has 0 unspecified atom stereocenters. The van der Waals surface area contributed by atoms with Crippen LogP contribution in [0.5, 0.6) is 0 Å². The molecule has 0 aromatic heterocycles. The van der Waals surface area contributed by atoms with Crippen molar-refractivity contribution in [1.29, 1.82) is 0 Å². The zero-order chi connectivity index (χ0) is 20.5. The third-order valence-corrected chi connectivity index (χ3v) is 7.34. The van der Waals surface area contributed by atoms with Gasteiger partial charge in [0.2, 0.25) is 5.91 Å². The first-order chi connectivity index (χ1) is 13.2. The van der Waals surface area contributed by atoms with Crippen molar-refractivity contribution in [2.45, 2.75) is 42.3 Å². The van der Waals surface area contributed by atoms with Crippen LogP contribution in [0.4, 0.5) is 8.78 Å². The normalized spacial score (nSPS) is 26.5. The van der Waals surface area contributed by atoms with Gasteiger partial charge in [-0.3, -0.25) is 9.59 Å². The number of nitrogens with zero attached hydrogens (tertiary/aromatic N) is 1. The van der Waals surface area contributed by atoms with Gasteiger partial charge in [0.15, 0.2) is 0 Å². The minimum atomic E-state index is -2.85. The third-order valence-electron chi connectivity index (χ3n) is 5.09. The molecule has 154 valence electrons. The molecule has 1 aromatic carbocycles. The molecule has 2 fully saturated rings. The molecular weight excluding hydrogens is 476 g/mol. The minimum Gasteiger partial charge on any atom is -0.466 e. The van der Waals surface area contributed by atoms with E-state index in [1.165, 1.54) is 16.7 Å². The van der Waals surface area contributed by atoms with E-state index in [9.17, 15) is 18.4 Å². The van der Waals surface area contributed by atoms with Crippen LogP contribution in [0.2, 0.25) is 5.02 Å². The van der Waals surface area contributed by atoms with Gasteiger partial charge in [-0.25, -0.2) is 8.78 Å². The van der Waals surface area contributed by atoms with Gasteiger partial charge in [0.25, 0.3) is 5.92 Å². The van der Waals surface area contributed by atoms with Gasteiger partial charge in [0.1, 0.15) is 0 Å². The summed E-state index contributed by atoms with van der Waals surface area (Å²) in [5, 5.41) is 0.561. The number of hydrogen-bond donors (Lipinski definition) is 0. The molecule has 9 heteroatoms. The van der Waals surface area contributed by atoms with Crippen LogP contribution in [0.3, 0.4) is 0 Å². The van der Waals surface area contributed by atoms with E-state index in [1.807, 2.05) is 12.1 Å². The number of halogens is 4. The van der Waals surface area contributed by atoms with Gasteiger partial charge in [-0.1, -0.05) is 27.5 Å². The van der Waals surface area contributed by atoms with Crippen LogP contribution in [0.1, 0.15) is 26.2 Å². The lowest BCUT2D eigenvalue weighted by molar-refractivity contribution is -0.153. The summed E-state index contributed by atoms with van der Waals surface area (Å²) in [4.78, 5) is 27.4. The number of thioether (sulfide) groups is 1. The molecule has 1 aliphatic carbocycles. The molecule has 2 aliphatic rings. The minimum absolute atomic E-state index is 0.0221. The number of carbonyl (C=O) groups excluding carboxylic acids is 2. The Morgan fingerprint density at radius 2 is 2.07 bits per heavy atom. The van der Waals surface area contributed by atoms with Crippen molar-refractivity contribution in [3.05, 3.63) is 27.7 Å². The second-order valence-corrected chi connectivity index (χ2v) is 9.78. The molecule has 1 saturated carbocycles. The summed E-state index contributed by atoms with van der Waals surface area (Å²) >= 11 is 11.2. The number of amides is 1. The predicted molar refractivity (Wildman–Crippen MR) is 108 cm³/mol. The molecule has 1 saturated heterocycles. The average molecular weight is 497 g/mol. The highest BCUT2D eigenvalue weighted by molar-refractivity contribution is 9.10. The van der Waals surface area contributed by atoms with Gasteiger partial charge in [-0.15, -0.1) is 11.8 Å². The van der Waals surface area contributed by atoms with Crippen molar-refractivity contribution >= 4 is 51.2 Å². The Kier molecular flexibility index (Phi) is 6.92. The maximum Gasteiger partial charge on any atom is 0.309 e. The van der Waals surface area contributed by atoms with Crippen molar-refractivity contribution in [3.8, 4) is 0 Å². The van der Waals surface area contributed by atoms with Crippen molar-refractivity contribution in [2.24, 2.45) is 11.8 Å². The van der Waals surface area contributed by atoms with E-state index >= 15 is 0 Å². The lowest BCUT2D eigenvalue weighted by atomic mass is 9.95. The molecule has 1 aromatic rings. The van der Waals surface area contributed by atoms with E-state index in [0.29, 0.717) is 17.9 Å². The van der Waals surface area contributed by atoms with Crippen LogP contribution in [0.25, 0.3) is 0 Å². The fourth-order valence-electron chi connectivity index (χ4n) is 3.78. The van der Waals surface area contributed by atoms with Crippen molar-refractivity contribution in [1.82, 2.24) is 4.90 Å². The molecule has 0 spiro atoms. The fraction of sp³-hybridized carbons (Fsp3) is 0.579. The lowest BCUT2D eigenvalue weighted by Gasteiger charge is -2.23. The maximum absolute atomic E-state index is 13.6. The molecule has 1 aliphatic heterocycles. The molecular formula is C19H21BrClF2NO3S. The number of likely N-dealkylation sites (tertiary alicyclic amines) is 1. The smallest absolute Gasteiger partial charge is 0.309 e. The van der Waals surface area contributed by atoms with E-state index < -0.39 is 30.3 Å². The van der Waals surface area contributed by atoms with E-state index in [0.717, 1.165) is 9.37 Å². The van der Waals surface area contributed by atoms with Gasteiger partial charge < -0.3 is 9.64 Å². The molecule has 0 radical (unpaired) electrons. The summed E-state index contributed by atoms with van der Waals surface area (Å²) in [6.45, 7) is 1.37. The Morgan fingerprint density at radius 3 is 2.68 bits per heavy atom. The first-order valence-corrected chi connectivity index (χ1v) is 11.2. The Balaban J connectivity index is 1.75. The quantitative estimate of drug-likeness (QED) is 0.537. The standard InChI is InChI=1S/C19H21BrClF2NO3S/c1-2-27-18(26)14-9-12(28-16-4-3-11(20)7-15(16)21)8-13(14)17(25)24-6-5-19(22,23)10-24/h3-4,7,12-14H,2,5-6,8-10H2,1H3/t12-,13+,14+/m0/s1. The number of hydrogen-bond acceptors (Lipinski definition) is 4. The summed E-state index contributed by atoms with van der Waals surface area (Å²) in [6, 6.07) is 5.55. The van der Waals surface area contributed by atoms with Crippen LogP contribution in [0.15, 0.2) is 27.6 Å². The molecule has 1 amide bonds. The lowest BCUT2D eigenvalue weighted by Crippen LogP contribution is -2.39. The summed E-state index contributed by atoms with van der Waals surface area (Å²) in [5.74, 6) is -4.92. The fourth-order valence-corrected chi connectivity index (χ4v) is 5.87. The SMILES string of the molecule is CCOC(=O)[C@@H]1C[C@@H](Sc2ccc(Br)cc2Cl)C[C@H]1C(=O)N1CCC(F)(F)C1. The highest BCUT2D eigenvalue weighted by atomic mass is 79.9. The Labute approximate surface area is 180 Å².